The molecule has 6 nitrogen and oxygen atoms in total. The summed E-state index contributed by atoms with van der Waals surface area (Å²) >= 11 is 0. The van der Waals surface area contributed by atoms with Gasteiger partial charge in [-0.2, -0.15) is 22.0 Å². The molecule has 0 saturated carbocycles. The Morgan fingerprint density at radius 1 is 1.00 bits per heavy atom. The summed E-state index contributed by atoms with van der Waals surface area (Å²) in [6.07, 6.45) is -6.95. The summed E-state index contributed by atoms with van der Waals surface area (Å²) in [6, 6.07) is 0. The fourth-order valence-corrected chi connectivity index (χ4v) is 1.57. The monoisotopic (exact) mass is 366 g/mol. The molecule has 0 amide bonds. The molecule has 0 aromatic carbocycles. The average Bonchev–Trinajstić information content (AvgIpc) is 2.44. The van der Waals surface area contributed by atoms with Crippen LogP contribution >= 0.6 is 0 Å². The van der Waals surface area contributed by atoms with Crippen LogP contribution in [0, 0.1) is 5.92 Å². The Morgan fingerprint density at radius 2 is 1.46 bits per heavy atom. The van der Waals surface area contributed by atoms with Crippen molar-refractivity contribution in [3.63, 3.8) is 0 Å². The Bertz CT molecular complexity index is 447. The van der Waals surface area contributed by atoms with Gasteiger partial charge in [-0.25, -0.2) is 4.79 Å². The fraction of sp³-hybridized carbons (Fsp3) is 0.846. The van der Waals surface area contributed by atoms with E-state index in [1.54, 1.807) is 0 Å². The zero-order valence-electron chi connectivity index (χ0n) is 13.7. The minimum atomic E-state index is -5.00. The van der Waals surface area contributed by atoms with Crippen LogP contribution in [0.25, 0.3) is 0 Å². The number of hydrogen-bond donors (Lipinski definition) is 0. The third kappa shape index (κ3) is 5.26. The topological polar surface area (TPSA) is 71.1 Å². The maximum Gasteiger partial charge on any atom is 0.422 e. The third-order valence-corrected chi connectivity index (χ3v) is 2.91. The second-order valence-corrected chi connectivity index (χ2v) is 5.25. The molecular formula is C13H19F5O6. The number of rotatable bonds is 8. The summed E-state index contributed by atoms with van der Waals surface area (Å²) in [7, 11) is 1.85. The van der Waals surface area contributed by atoms with Crippen LogP contribution in [0.15, 0.2) is 0 Å². The summed E-state index contributed by atoms with van der Waals surface area (Å²) in [4.78, 5) is 23.2. The second-order valence-electron chi connectivity index (χ2n) is 5.25. The molecule has 142 valence electrons. The summed E-state index contributed by atoms with van der Waals surface area (Å²) in [6.45, 7) is 1.04. The number of halogens is 5. The number of esters is 2. The molecule has 0 aromatic heterocycles. The molecule has 1 unspecified atom stereocenters. The zero-order chi connectivity index (χ0) is 19.3. The van der Waals surface area contributed by atoms with E-state index in [4.69, 9.17) is 0 Å². The third-order valence-electron chi connectivity index (χ3n) is 2.91. The lowest BCUT2D eigenvalue weighted by Gasteiger charge is -2.39. The van der Waals surface area contributed by atoms with Gasteiger partial charge in [0.25, 0.3) is 0 Å². The summed E-state index contributed by atoms with van der Waals surface area (Å²) in [5.74, 6) is -9.21. The zero-order valence-corrected chi connectivity index (χ0v) is 13.7. The molecule has 24 heavy (non-hydrogen) atoms. The maximum absolute atomic E-state index is 14.4. The minimum Gasteiger partial charge on any atom is -0.451 e. The smallest absolute Gasteiger partial charge is 0.422 e. The highest BCUT2D eigenvalue weighted by Crippen LogP contribution is 2.38. The van der Waals surface area contributed by atoms with E-state index in [1.165, 1.54) is 13.8 Å². The number of ether oxygens (including phenoxy) is 4. The van der Waals surface area contributed by atoms with E-state index in [1.807, 2.05) is 0 Å². The highest BCUT2D eigenvalue weighted by molar-refractivity contribution is 5.81. The molecule has 0 fully saturated rings. The van der Waals surface area contributed by atoms with Gasteiger partial charge in [-0.3, -0.25) is 4.79 Å². The Labute approximate surface area is 135 Å². The number of alkyl halides is 5. The van der Waals surface area contributed by atoms with Gasteiger partial charge in [0.2, 0.25) is 11.9 Å². The van der Waals surface area contributed by atoms with Gasteiger partial charge in [-0.05, 0) is 6.92 Å². The normalized spacial score (nSPS) is 15.3. The summed E-state index contributed by atoms with van der Waals surface area (Å²) < 4.78 is 82.4. The van der Waals surface area contributed by atoms with Gasteiger partial charge in [-0.1, -0.05) is 13.8 Å². The SMILES string of the molecule is COC(OC)C(C)(OC(=O)C(C)C)C(F)(F)C(=O)OCC(F)(F)F. The first-order valence-corrected chi connectivity index (χ1v) is 6.63. The first-order valence-electron chi connectivity index (χ1n) is 6.63. The highest BCUT2D eigenvalue weighted by Gasteiger charge is 2.66. The van der Waals surface area contributed by atoms with E-state index in [-0.39, 0.29) is 0 Å². The molecule has 0 rings (SSSR count). The van der Waals surface area contributed by atoms with E-state index >= 15 is 0 Å². The lowest BCUT2D eigenvalue weighted by Crippen LogP contribution is -2.62. The quantitative estimate of drug-likeness (QED) is 0.373. The summed E-state index contributed by atoms with van der Waals surface area (Å²) in [5, 5.41) is 0. The summed E-state index contributed by atoms with van der Waals surface area (Å²) in [5.41, 5.74) is -3.06. The van der Waals surface area contributed by atoms with Crippen LogP contribution in [-0.4, -0.2) is 56.8 Å². The van der Waals surface area contributed by atoms with Crippen molar-refractivity contribution < 1.29 is 50.5 Å². The van der Waals surface area contributed by atoms with Crippen molar-refractivity contribution in [3.05, 3.63) is 0 Å². The van der Waals surface area contributed by atoms with Crippen LogP contribution in [0.4, 0.5) is 22.0 Å². The standard InChI is InChI=1S/C13H19F5O6/c1-7(2)8(19)24-11(3,10(21-4)22-5)13(17,18)9(20)23-6-12(14,15)16/h7,10H,6H2,1-5H3. The Kier molecular flexibility index (Phi) is 7.56. The number of hydrogen-bond acceptors (Lipinski definition) is 6. The molecule has 0 spiro atoms. The van der Waals surface area contributed by atoms with Crippen LogP contribution in [0.2, 0.25) is 0 Å². The van der Waals surface area contributed by atoms with E-state index in [0.29, 0.717) is 6.92 Å². The van der Waals surface area contributed by atoms with Gasteiger partial charge >= 0.3 is 24.0 Å². The molecule has 1 atom stereocenters. The van der Waals surface area contributed by atoms with Crippen LogP contribution in [-0.2, 0) is 28.5 Å². The predicted octanol–water partition coefficient (Wildman–Crippen LogP) is 2.30. The van der Waals surface area contributed by atoms with Crippen molar-refractivity contribution in [2.24, 2.45) is 5.92 Å². The molecule has 0 aromatic rings. The van der Waals surface area contributed by atoms with Gasteiger partial charge in [0.05, 0.1) is 5.92 Å². The molecule has 11 heteroatoms. The van der Waals surface area contributed by atoms with Gasteiger partial charge in [0.1, 0.15) is 0 Å². The lowest BCUT2D eigenvalue weighted by atomic mass is 9.96. The molecule has 0 N–H and O–H groups in total. The van der Waals surface area contributed by atoms with Crippen LogP contribution in [0.5, 0.6) is 0 Å². The number of carbonyl (C=O) groups is 2. The Balaban J connectivity index is 5.66. The molecule has 0 bridgehead atoms. The van der Waals surface area contributed by atoms with Gasteiger partial charge in [-0.15, -0.1) is 0 Å². The minimum absolute atomic E-state index is 0.597. The van der Waals surface area contributed by atoms with Crippen LogP contribution < -0.4 is 0 Å². The maximum atomic E-state index is 14.4. The number of carbonyl (C=O) groups excluding carboxylic acids is 2. The predicted molar refractivity (Wildman–Crippen MR) is 69.1 cm³/mol. The molecular weight excluding hydrogens is 347 g/mol. The van der Waals surface area contributed by atoms with Crippen LogP contribution in [0.1, 0.15) is 20.8 Å². The molecule has 0 aliphatic heterocycles. The average molecular weight is 366 g/mol. The van der Waals surface area contributed by atoms with Crippen molar-refractivity contribution in [3.8, 4) is 0 Å². The Morgan fingerprint density at radius 3 is 1.79 bits per heavy atom. The van der Waals surface area contributed by atoms with Gasteiger partial charge in [0, 0.05) is 14.2 Å². The number of methoxy groups -OCH3 is 2. The molecule has 0 heterocycles. The second kappa shape index (κ2) is 8.06. The van der Waals surface area contributed by atoms with E-state index in [2.05, 4.69) is 18.9 Å². The fourth-order valence-electron chi connectivity index (χ4n) is 1.57. The van der Waals surface area contributed by atoms with Gasteiger partial charge < -0.3 is 18.9 Å². The highest BCUT2D eigenvalue weighted by atomic mass is 19.4. The molecule has 0 aliphatic rings. The van der Waals surface area contributed by atoms with Crippen molar-refractivity contribution in [1.82, 2.24) is 0 Å². The largest absolute Gasteiger partial charge is 0.451 e. The van der Waals surface area contributed by atoms with Crippen molar-refractivity contribution in [2.45, 2.75) is 44.8 Å². The molecule has 0 radical (unpaired) electrons. The Hall–Kier alpha value is -1.49. The van der Waals surface area contributed by atoms with E-state index in [0.717, 1.165) is 14.2 Å². The van der Waals surface area contributed by atoms with E-state index in [9.17, 15) is 31.5 Å². The first kappa shape index (κ1) is 22.5. The molecule has 0 saturated heterocycles. The molecule has 0 aliphatic carbocycles. The first-order chi connectivity index (χ1) is 10.7. The van der Waals surface area contributed by atoms with Crippen molar-refractivity contribution in [2.75, 3.05) is 20.8 Å². The van der Waals surface area contributed by atoms with Crippen molar-refractivity contribution >= 4 is 11.9 Å². The van der Waals surface area contributed by atoms with E-state index < -0.39 is 48.5 Å². The van der Waals surface area contributed by atoms with Gasteiger partial charge in [0.15, 0.2) is 6.61 Å². The van der Waals surface area contributed by atoms with Crippen molar-refractivity contribution in [1.29, 1.82) is 0 Å². The lowest BCUT2D eigenvalue weighted by molar-refractivity contribution is -0.295. The van der Waals surface area contributed by atoms with Crippen LogP contribution in [0.3, 0.4) is 0 Å².